The van der Waals surface area contributed by atoms with Gasteiger partial charge in [-0.3, -0.25) is 4.79 Å². The molecule has 1 saturated carbocycles. The van der Waals surface area contributed by atoms with Crippen molar-refractivity contribution >= 4 is 28.8 Å². The monoisotopic (exact) mass is 258 g/mol. The maximum atomic E-state index is 11.9. The summed E-state index contributed by atoms with van der Waals surface area (Å²) in [6.07, 6.45) is 3.30. The van der Waals surface area contributed by atoms with Crippen molar-refractivity contribution in [1.82, 2.24) is 5.32 Å². The number of hydrogen-bond acceptors (Lipinski definition) is 3. The molecule has 0 aromatic carbocycles. The Kier molecular flexibility index (Phi) is 3.84. The van der Waals surface area contributed by atoms with Gasteiger partial charge in [-0.2, -0.15) is 0 Å². The van der Waals surface area contributed by atoms with E-state index in [4.69, 9.17) is 17.3 Å². The largest absolute Gasteiger partial charge is 0.348 e. The van der Waals surface area contributed by atoms with Crippen LogP contribution < -0.4 is 11.1 Å². The fourth-order valence-corrected chi connectivity index (χ4v) is 3.13. The summed E-state index contributed by atoms with van der Waals surface area (Å²) in [4.78, 5) is 12.5. The van der Waals surface area contributed by atoms with E-state index in [0.29, 0.717) is 21.7 Å². The van der Waals surface area contributed by atoms with Crippen LogP contribution in [-0.2, 0) is 0 Å². The second-order valence-corrected chi connectivity index (χ2v) is 5.83. The molecule has 1 aliphatic carbocycles. The van der Waals surface area contributed by atoms with E-state index in [1.807, 2.05) is 0 Å². The smallest absolute Gasteiger partial charge is 0.261 e. The van der Waals surface area contributed by atoms with Gasteiger partial charge < -0.3 is 11.1 Å². The zero-order valence-corrected chi connectivity index (χ0v) is 10.5. The summed E-state index contributed by atoms with van der Waals surface area (Å²) in [5, 5.41) is 3.04. The average Bonchev–Trinajstić information content (AvgIpc) is 2.86. The van der Waals surface area contributed by atoms with Crippen molar-refractivity contribution in [3.63, 3.8) is 0 Å². The van der Waals surface area contributed by atoms with Crippen LogP contribution in [0.1, 0.15) is 28.9 Å². The van der Waals surface area contributed by atoms with Crippen molar-refractivity contribution in [3.05, 3.63) is 21.3 Å². The fourth-order valence-electron chi connectivity index (χ4n) is 2.18. The number of rotatable bonds is 3. The standard InChI is InChI=1S/C11H15ClN2OS/c12-10-5-4-9(16-10)11(15)14-8-3-1-2-7(8)6-13/h4-5,7-8H,1-3,6,13H2,(H,14,15). The van der Waals surface area contributed by atoms with Gasteiger partial charge in [0.2, 0.25) is 0 Å². The zero-order valence-electron chi connectivity index (χ0n) is 8.91. The topological polar surface area (TPSA) is 55.1 Å². The van der Waals surface area contributed by atoms with Crippen LogP contribution >= 0.6 is 22.9 Å². The van der Waals surface area contributed by atoms with Crippen LogP contribution in [0.2, 0.25) is 4.34 Å². The second kappa shape index (κ2) is 5.17. The lowest BCUT2D eigenvalue weighted by atomic mass is 10.0. The van der Waals surface area contributed by atoms with Gasteiger partial charge in [0, 0.05) is 6.04 Å². The molecule has 16 heavy (non-hydrogen) atoms. The van der Waals surface area contributed by atoms with Crippen LogP contribution in [0.4, 0.5) is 0 Å². The molecule has 1 fully saturated rings. The fraction of sp³-hybridized carbons (Fsp3) is 0.545. The minimum Gasteiger partial charge on any atom is -0.348 e. The second-order valence-electron chi connectivity index (χ2n) is 4.11. The minimum atomic E-state index is -0.0257. The van der Waals surface area contributed by atoms with Gasteiger partial charge >= 0.3 is 0 Å². The van der Waals surface area contributed by atoms with E-state index in [1.165, 1.54) is 11.3 Å². The third kappa shape index (κ3) is 2.56. The lowest BCUT2D eigenvalue weighted by Gasteiger charge is -2.18. The Labute approximate surface area is 104 Å². The third-order valence-electron chi connectivity index (χ3n) is 3.08. The zero-order chi connectivity index (χ0) is 11.5. The normalized spacial score (nSPS) is 24.6. The first kappa shape index (κ1) is 11.9. The van der Waals surface area contributed by atoms with Gasteiger partial charge in [-0.05, 0) is 37.4 Å². The van der Waals surface area contributed by atoms with Crippen molar-refractivity contribution in [2.75, 3.05) is 6.54 Å². The summed E-state index contributed by atoms with van der Waals surface area (Å²) in [6.45, 7) is 0.649. The highest BCUT2D eigenvalue weighted by Crippen LogP contribution is 2.26. The lowest BCUT2D eigenvalue weighted by molar-refractivity contribution is 0.0933. The summed E-state index contributed by atoms with van der Waals surface area (Å²) >= 11 is 7.11. The number of thiophene rings is 1. The first-order chi connectivity index (χ1) is 7.70. The van der Waals surface area contributed by atoms with Crippen molar-refractivity contribution in [1.29, 1.82) is 0 Å². The molecule has 2 unspecified atom stereocenters. The van der Waals surface area contributed by atoms with E-state index in [-0.39, 0.29) is 11.9 Å². The van der Waals surface area contributed by atoms with Crippen LogP contribution in [0, 0.1) is 5.92 Å². The Morgan fingerprint density at radius 2 is 2.38 bits per heavy atom. The maximum Gasteiger partial charge on any atom is 0.261 e. The molecule has 1 aromatic heterocycles. The van der Waals surface area contributed by atoms with E-state index in [9.17, 15) is 4.79 Å². The van der Waals surface area contributed by atoms with Gasteiger partial charge in [-0.25, -0.2) is 0 Å². The van der Waals surface area contributed by atoms with Gasteiger partial charge in [-0.15, -0.1) is 11.3 Å². The number of halogens is 1. The van der Waals surface area contributed by atoms with Gasteiger partial charge in [0.25, 0.3) is 5.91 Å². The van der Waals surface area contributed by atoms with Crippen LogP contribution in [0.25, 0.3) is 0 Å². The lowest BCUT2D eigenvalue weighted by Crippen LogP contribution is -2.39. The summed E-state index contributed by atoms with van der Waals surface area (Å²) < 4.78 is 0.645. The molecule has 0 spiro atoms. The predicted octanol–water partition coefficient (Wildman–Crippen LogP) is 2.26. The van der Waals surface area contributed by atoms with E-state index in [0.717, 1.165) is 19.3 Å². The van der Waals surface area contributed by atoms with E-state index >= 15 is 0 Å². The summed E-state index contributed by atoms with van der Waals surface area (Å²) in [7, 11) is 0. The van der Waals surface area contributed by atoms with Crippen LogP contribution in [0.5, 0.6) is 0 Å². The Bertz CT molecular complexity index is 380. The molecule has 1 amide bonds. The number of amides is 1. The van der Waals surface area contributed by atoms with E-state index in [2.05, 4.69) is 5.32 Å². The molecule has 3 N–H and O–H groups in total. The number of carbonyl (C=O) groups excluding carboxylic acids is 1. The van der Waals surface area contributed by atoms with Gasteiger partial charge in [0.05, 0.1) is 9.21 Å². The van der Waals surface area contributed by atoms with Crippen molar-refractivity contribution in [2.45, 2.75) is 25.3 Å². The molecule has 0 saturated heterocycles. The molecule has 5 heteroatoms. The van der Waals surface area contributed by atoms with Crippen LogP contribution in [0.3, 0.4) is 0 Å². The molecule has 0 aliphatic heterocycles. The van der Waals surface area contributed by atoms with Gasteiger partial charge in [0.1, 0.15) is 0 Å². The highest BCUT2D eigenvalue weighted by Gasteiger charge is 2.27. The number of nitrogens with two attached hydrogens (primary N) is 1. The molecular weight excluding hydrogens is 244 g/mol. The molecule has 1 aliphatic rings. The van der Waals surface area contributed by atoms with E-state index in [1.54, 1.807) is 12.1 Å². The third-order valence-corrected chi connectivity index (χ3v) is 4.31. The highest BCUT2D eigenvalue weighted by atomic mass is 35.5. The van der Waals surface area contributed by atoms with Gasteiger partial charge in [0.15, 0.2) is 0 Å². The molecular formula is C11H15ClN2OS. The van der Waals surface area contributed by atoms with E-state index < -0.39 is 0 Å². The summed E-state index contributed by atoms with van der Waals surface area (Å²) in [6, 6.07) is 3.74. The SMILES string of the molecule is NCC1CCCC1NC(=O)c1ccc(Cl)s1. The Hall–Kier alpha value is -0.580. The number of nitrogens with one attached hydrogen (secondary N) is 1. The summed E-state index contributed by atoms with van der Waals surface area (Å²) in [5.41, 5.74) is 5.67. The summed E-state index contributed by atoms with van der Waals surface area (Å²) in [5.74, 6) is 0.404. The highest BCUT2D eigenvalue weighted by molar-refractivity contribution is 7.17. The molecule has 3 nitrogen and oxygen atoms in total. The number of carbonyl (C=O) groups is 1. The molecule has 1 heterocycles. The molecule has 2 atom stereocenters. The van der Waals surface area contributed by atoms with Crippen LogP contribution in [0.15, 0.2) is 12.1 Å². The number of hydrogen-bond donors (Lipinski definition) is 2. The van der Waals surface area contributed by atoms with Crippen molar-refractivity contribution in [2.24, 2.45) is 11.7 Å². The first-order valence-electron chi connectivity index (χ1n) is 5.47. The molecule has 1 aromatic rings. The molecule has 0 bridgehead atoms. The molecule has 2 rings (SSSR count). The quantitative estimate of drug-likeness (QED) is 0.874. The Morgan fingerprint density at radius 3 is 3.00 bits per heavy atom. The minimum absolute atomic E-state index is 0.0257. The molecule has 88 valence electrons. The first-order valence-corrected chi connectivity index (χ1v) is 6.66. The van der Waals surface area contributed by atoms with Crippen molar-refractivity contribution in [3.8, 4) is 0 Å². The molecule has 0 radical (unpaired) electrons. The Morgan fingerprint density at radius 1 is 1.56 bits per heavy atom. The predicted molar refractivity (Wildman–Crippen MR) is 67.0 cm³/mol. The average molecular weight is 259 g/mol. The van der Waals surface area contributed by atoms with Crippen LogP contribution in [-0.4, -0.2) is 18.5 Å². The van der Waals surface area contributed by atoms with Crippen molar-refractivity contribution < 1.29 is 4.79 Å². The van der Waals surface area contributed by atoms with Gasteiger partial charge in [-0.1, -0.05) is 18.0 Å². The Balaban J connectivity index is 1.97. The maximum absolute atomic E-state index is 11.9.